The average molecular weight is 332 g/mol. The Balaban J connectivity index is 1.42. The van der Waals surface area contributed by atoms with E-state index in [-0.39, 0.29) is 0 Å². The molecule has 0 spiro atoms. The van der Waals surface area contributed by atoms with E-state index in [0.717, 1.165) is 44.4 Å². The lowest BCUT2D eigenvalue weighted by molar-refractivity contribution is 0.176. The maximum Gasteiger partial charge on any atom is 0.169 e. The molecule has 1 aliphatic heterocycles. The molecule has 1 N–H and O–H groups in total. The van der Waals surface area contributed by atoms with Crippen LogP contribution in [0.5, 0.6) is 0 Å². The van der Waals surface area contributed by atoms with E-state index in [2.05, 4.69) is 56.9 Å². The molecule has 3 rings (SSSR count). The maximum atomic E-state index is 5.53. The minimum Gasteiger partial charge on any atom is -0.358 e. The van der Waals surface area contributed by atoms with E-state index in [1.54, 1.807) is 0 Å². The zero-order chi connectivity index (χ0) is 15.2. The molecule has 116 valence electrons. The summed E-state index contributed by atoms with van der Waals surface area (Å²) in [5.74, 6) is 0. The number of hydrogen-bond donors (Lipinski definition) is 1. The highest BCUT2D eigenvalue weighted by Crippen LogP contribution is 2.13. The summed E-state index contributed by atoms with van der Waals surface area (Å²) in [7, 11) is 0. The molecule has 22 heavy (non-hydrogen) atoms. The van der Waals surface area contributed by atoms with Gasteiger partial charge >= 0.3 is 0 Å². The second kappa shape index (κ2) is 7.72. The van der Waals surface area contributed by atoms with Crippen molar-refractivity contribution < 1.29 is 0 Å². The van der Waals surface area contributed by atoms with Crippen LogP contribution in [0.3, 0.4) is 0 Å². The van der Waals surface area contributed by atoms with Gasteiger partial charge in [0.1, 0.15) is 0 Å². The van der Waals surface area contributed by atoms with Crippen molar-refractivity contribution in [1.82, 2.24) is 15.1 Å². The zero-order valence-corrected chi connectivity index (χ0v) is 14.2. The second-order valence-corrected chi connectivity index (χ2v) is 6.91. The highest BCUT2D eigenvalue weighted by atomic mass is 32.1. The molecule has 0 aliphatic carbocycles. The van der Waals surface area contributed by atoms with Crippen molar-refractivity contribution in [2.45, 2.75) is 13.1 Å². The van der Waals surface area contributed by atoms with Crippen LogP contribution in [0.15, 0.2) is 47.8 Å². The number of hydrogen-bond acceptors (Lipinski definition) is 3. The fourth-order valence-corrected chi connectivity index (χ4v) is 3.62. The molecule has 0 atom stereocenters. The molecule has 3 nitrogen and oxygen atoms in total. The van der Waals surface area contributed by atoms with E-state index < -0.39 is 0 Å². The Morgan fingerprint density at radius 3 is 2.50 bits per heavy atom. The summed E-state index contributed by atoms with van der Waals surface area (Å²) >= 11 is 7.36. The quantitative estimate of drug-likeness (QED) is 0.868. The van der Waals surface area contributed by atoms with Gasteiger partial charge in [-0.2, -0.15) is 0 Å². The molecule has 0 radical (unpaired) electrons. The Morgan fingerprint density at radius 1 is 1.05 bits per heavy atom. The number of thiophene rings is 1. The van der Waals surface area contributed by atoms with Gasteiger partial charge in [-0.05, 0) is 29.2 Å². The highest BCUT2D eigenvalue weighted by molar-refractivity contribution is 7.80. The standard InChI is InChI=1S/C17H21N3S2/c21-17(18-13-15-5-2-1-3-6-15)20-10-8-19(9-11-20)14-16-7-4-12-22-16/h1-7,12H,8-11,13-14H2,(H,18,21). The number of nitrogens with one attached hydrogen (secondary N) is 1. The van der Waals surface area contributed by atoms with Crippen LogP contribution in [-0.4, -0.2) is 41.1 Å². The van der Waals surface area contributed by atoms with Gasteiger partial charge in [0.2, 0.25) is 0 Å². The van der Waals surface area contributed by atoms with Gasteiger partial charge in [0, 0.05) is 44.1 Å². The lowest BCUT2D eigenvalue weighted by Gasteiger charge is -2.36. The first-order valence-electron chi connectivity index (χ1n) is 7.63. The summed E-state index contributed by atoms with van der Waals surface area (Å²) in [5, 5.41) is 6.39. The van der Waals surface area contributed by atoms with Crippen molar-refractivity contribution in [3.05, 3.63) is 58.3 Å². The highest BCUT2D eigenvalue weighted by Gasteiger charge is 2.18. The van der Waals surface area contributed by atoms with Gasteiger partial charge < -0.3 is 10.2 Å². The lowest BCUT2D eigenvalue weighted by atomic mass is 10.2. The first-order chi connectivity index (χ1) is 10.8. The molecule has 0 amide bonds. The summed E-state index contributed by atoms with van der Waals surface area (Å²) < 4.78 is 0. The van der Waals surface area contributed by atoms with Crippen LogP contribution >= 0.6 is 23.6 Å². The lowest BCUT2D eigenvalue weighted by Crippen LogP contribution is -2.51. The predicted octanol–water partition coefficient (Wildman–Crippen LogP) is 2.94. The van der Waals surface area contributed by atoms with Crippen LogP contribution in [0.1, 0.15) is 10.4 Å². The molecule has 1 saturated heterocycles. The minimum absolute atomic E-state index is 0.801. The number of thiocarbonyl (C=S) groups is 1. The van der Waals surface area contributed by atoms with Gasteiger partial charge in [-0.25, -0.2) is 0 Å². The third kappa shape index (κ3) is 4.29. The molecule has 1 aromatic heterocycles. The Labute approximate surface area is 141 Å². The van der Waals surface area contributed by atoms with Crippen LogP contribution in [0.25, 0.3) is 0 Å². The topological polar surface area (TPSA) is 18.5 Å². The normalized spacial score (nSPS) is 15.7. The van der Waals surface area contributed by atoms with E-state index in [1.165, 1.54) is 10.4 Å². The monoisotopic (exact) mass is 331 g/mol. The van der Waals surface area contributed by atoms with Crippen molar-refractivity contribution in [3.8, 4) is 0 Å². The SMILES string of the molecule is S=C(NCc1ccccc1)N1CCN(Cc2cccs2)CC1. The maximum absolute atomic E-state index is 5.53. The molecule has 0 unspecified atom stereocenters. The molecule has 0 saturated carbocycles. The largest absolute Gasteiger partial charge is 0.358 e. The van der Waals surface area contributed by atoms with E-state index in [4.69, 9.17) is 12.2 Å². The van der Waals surface area contributed by atoms with E-state index in [1.807, 2.05) is 17.4 Å². The predicted molar refractivity (Wildman–Crippen MR) is 97.0 cm³/mol. The van der Waals surface area contributed by atoms with E-state index in [0.29, 0.717) is 0 Å². The van der Waals surface area contributed by atoms with Crippen LogP contribution < -0.4 is 5.32 Å². The number of rotatable bonds is 4. The van der Waals surface area contributed by atoms with Gasteiger partial charge in [-0.15, -0.1) is 11.3 Å². The Bertz CT molecular complexity index is 575. The van der Waals surface area contributed by atoms with Crippen LogP contribution in [0.4, 0.5) is 0 Å². The minimum atomic E-state index is 0.801. The van der Waals surface area contributed by atoms with Gasteiger partial charge in [-0.1, -0.05) is 36.4 Å². The Kier molecular flexibility index (Phi) is 5.43. The summed E-state index contributed by atoms with van der Waals surface area (Å²) in [6.07, 6.45) is 0. The molecule has 1 aromatic carbocycles. The summed E-state index contributed by atoms with van der Waals surface area (Å²) in [6.45, 7) is 6.03. The van der Waals surface area contributed by atoms with Gasteiger partial charge in [0.15, 0.2) is 5.11 Å². The zero-order valence-electron chi connectivity index (χ0n) is 12.6. The third-order valence-corrected chi connectivity index (χ3v) is 5.17. The van der Waals surface area contributed by atoms with E-state index in [9.17, 15) is 0 Å². The van der Waals surface area contributed by atoms with Gasteiger partial charge in [0.05, 0.1) is 0 Å². The Morgan fingerprint density at radius 2 is 1.82 bits per heavy atom. The van der Waals surface area contributed by atoms with Crippen molar-refractivity contribution >= 4 is 28.7 Å². The number of nitrogens with zero attached hydrogens (tertiary/aromatic N) is 2. The number of piperazine rings is 1. The summed E-state index contributed by atoms with van der Waals surface area (Å²) in [5.41, 5.74) is 1.26. The molecule has 2 aromatic rings. The van der Waals surface area contributed by atoms with Crippen molar-refractivity contribution in [2.75, 3.05) is 26.2 Å². The molecule has 5 heteroatoms. The van der Waals surface area contributed by atoms with Gasteiger partial charge in [-0.3, -0.25) is 4.90 Å². The van der Waals surface area contributed by atoms with Crippen molar-refractivity contribution in [1.29, 1.82) is 0 Å². The first-order valence-corrected chi connectivity index (χ1v) is 8.91. The van der Waals surface area contributed by atoms with E-state index >= 15 is 0 Å². The van der Waals surface area contributed by atoms with Crippen molar-refractivity contribution in [2.24, 2.45) is 0 Å². The number of benzene rings is 1. The smallest absolute Gasteiger partial charge is 0.169 e. The second-order valence-electron chi connectivity index (χ2n) is 5.49. The first kappa shape index (κ1) is 15.5. The summed E-state index contributed by atoms with van der Waals surface area (Å²) in [6, 6.07) is 14.7. The van der Waals surface area contributed by atoms with Crippen LogP contribution in [0.2, 0.25) is 0 Å². The molecule has 1 aliphatic rings. The fourth-order valence-electron chi connectivity index (χ4n) is 2.62. The van der Waals surface area contributed by atoms with Crippen LogP contribution in [0, 0.1) is 0 Å². The molecule has 2 heterocycles. The summed E-state index contributed by atoms with van der Waals surface area (Å²) in [4.78, 5) is 6.23. The van der Waals surface area contributed by atoms with Gasteiger partial charge in [0.25, 0.3) is 0 Å². The third-order valence-electron chi connectivity index (χ3n) is 3.91. The molecular weight excluding hydrogens is 310 g/mol. The van der Waals surface area contributed by atoms with Crippen LogP contribution in [-0.2, 0) is 13.1 Å². The molecular formula is C17H21N3S2. The fraction of sp³-hybridized carbons (Fsp3) is 0.353. The molecule has 1 fully saturated rings. The average Bonchev–Trinajstić information content (AvgIpc) is 3.07. The Hall–Kier alpha value is -1.43. The molecule has 0 bridgehead atoms. The van der Waals surface area contributed by atoms with Crippen molar-refractivity contribution in [3.63, 3.8) is 0 Å².